The van der Waals surface area contributed by atoms with E-state index in [1.807, 2.05) is 0 Å². The highest BCUT2D eigenvalue weighted by Crippen LogP contribution is 2.38. The number of benzene rings is 1. The second-order valence-corrected chi connectivity index (χ2v) is 7.60. The fraction of sp³-hybridized carbons (Fsp3) is 0.250. The summed E-state index contributed by atoms with van der Waals surface area (Å²) in [4.78, 5) is 10.3. The first kappa shape index (κ1) is 13.6. The Morgan fingerprint density at radius 1 is 1.38 bits per heavy atom. The maximum atomic E-state index is 11.5. The average Bonchev–Trinajstić information content (AvgIpc) is 2.07. The Kier molecular flexibility index (Phi) is 4.08. The third-order valence-electron chi connectivity index (χ3n) is 1.52. The second-order valence-electron chi connectivity index (χ2n) is 3.29. The molecule has 0 aliphatic carbocycles. The van der Waals surface area contributed by atoms with Crippen LogP contribution in [0.1, 0.15) is 0 Å². The van der Waals surface area contributed by atoms with E-state index in [1.54, 1.807) is 6.07 Å². The van der Waals surface area contributed by atoms with E-state index in [-0.39, 0.29) is 11.4 Å². The van der Waals surface area contributed by atoms with Gasteiger partial charge < -0.3 is 0 Å². The van der Waals surface area contributed by atoms with Crippen LogP contribution in [0.5, 0.6) is 0 Å². The van der Waals surface area contributed by atoms with Crippen molar-refractivity contribution in [3.63, 3.8) is 0 Å². The first-order valence-electron chi connectivity index (χ1n) is 4.01. The van der Waals surface area contributed by atoms with Gasteiger partial charge in [0.05, 0.1) is 9.40 Å². The fourth-order valence-corrected chi connectivity index (χ4v) is 3.04. The van der Waals surface area contributed by atoms with Crippen LogP contribution in [0.2, 0.25) is 0 Å². The summed E-state index contributed by atoms with van der Waals surface area (Å²) in [5.41, 5.74) is -0.0825. The van der Waals surface area contributed by atoms with Gasteiger partial charge in [0.25, 0.3) is 5.69 Å². The fourth-order valence-electron chi connectivity index (χ4n) is 1.00. The molecule has 0 N–H and O–H groups in total. The molecule has 0 spiro atoms. The summed E-state index contributed by atoms with van der Waals surface area (Å²) in [6.45, 7) is 0. The molecule has 0 atom stereocenters. The van der Waals surface area contributed by atoms with Gasteiger partial charge in [-0.25, -0.2) is 4.21 Å². The molecule has 0 saturated carbocycles. The Hall–Kier alpha value is -0.470. The van der Waals surface area contributed by atoms with Crippen molar-refractivity contribution in [2.45, 2.75) is 0 Å². The first-order valence-corrected chi connectivity index (χ1v) is 7.93. The Labute approximate surface area is 110 Å². The quantitative estimate of drug-likeness (QED) is 0.590. The van der Waals surface area contributed by atoms with Gasteiger partial charge in [0.2, 0.25) is 0 Å². The standard InChI is InChI=1S/C8H8Br2N2O3S/c1-16(2,15)11-8-6(10)3-5(9)4-7(8)12(13)14/h3-4H,1-2H3. The van der Waals surface area contributed by atoms with Gasteiger partial charge in [-0.15, -0.1) is 0 Å². The molecular formula is C8H8Br2N2O3S. The van der Waals surface area contributed by atoms with Crippen molar-refractivity contribution in [2.75, 3.05) is 12.5 Å². The van der Waals surface area contributed by atoms with Crippen molar-refractivity contribution < 1.29 is 9.13 Å². The number of hydrogen-bond donors (Lipinski definition) is 0. The predicted molar refractivity (Wildman–Crippen MR) is 70.6 cm³/mol. The lowest BCUT2D eigenvalue weighted by atomic mass is 10.3. The zero-order valence-corrected chi connectivity index (χ0v) is 12.4. The van der Waals surface area contributed by atoms with Crippen LogP contribution in [-0.4, -0.2) is 21.6 Å². The van der Waals surface area contributed by atoms with E-state index in [4.69, 9.17) is 0 Å². The summed E-state index contributed by atoms with van der Waals surface area (Å²) in [5, 5.41) is 10.8. The smallest absolute Gasteiger partial charge is 0.258 e. The lowest BCUT2D eigenvalue weighted by Crippen LogP contribution is -1.93. The van der Waals surface area contributed by atoms with Crippen LogP contribution < -0.4 is 0 Å². The van der Waals surface area contributed by atoms with Crippen molar-refractivity contribution in [3.8, 4) is 0 Å². The molecule has 0 amide bonds. The molecule has 1 aromatic rings. The largest absolute Gasteiger partial charge is 0.297 e. The molecule has 0 heterocycles. The van der Waals surface area contributed by atoms with Crippen LogP contribution in [-0.2, 0) is 9.73 Å². The van der Waals surface area contributed by atoms with Gasteiger partial charge in [-0.2, -0.15) is 4.36 Å². The number of nitro benzene ring substituents is 1. The molecule has 0 aromatic heterocycles. The number of nitrogens with zero attached hydrogens (tertiary/aromatic N) is 2. The summed E-state index contributed by atoms with van der Waals surface area (Å²) in [7, 11) is -2.44. The number of halogens is 2. The minimum absolute atomic E-state index is 0.100. The molecule has 0 aliphatic heterocycles. The van der Waals surface area contributed by atoms with Gasteiger partial charge in [-0.05, 0) is 22.0 Å². The van der Waals surface area contributed by atoms with E-state index in [9.17, 15) is 14.3 Å². The van der Waals surface area contributed by atoms with Gasteiger partial charge in [-0.1, -0.05) is 15.9 Å². The Morgan fingerprint density at radius 3 is 2.38 bits per heavy atom. The van der Waals surface area contributed by atoms with Gasteiger partial charge in [0.1, 0.15) is 0 Å². The maximum Gasteiger partial charge on any atom is 0.297 e. The molecule has 1 rings (SSSR count). The first-order chi connectivity index (χ1) is 7.20. The van der Waals surface area contributed by atoms with E-state index in [2.05, 4.69) is 36.2 Å². The summed E-state index contributed by atoms with van der Waals surface area (Å²) in [6, 6.07) is 2.95. The minimum atomic E-state index is -2.44. The topological polar surface area (TPSA) is 72.6 Å². The van der Waals surface area contributed by atoms with Crippen LogP contribution >= 0.6 is 31.9 Å². The maximum absolute atomic E-state index is 11.5. The van der Waals surface area contributed by atoms with Crippen molar-refractivity contribution in [1.29, 1.82) is 0 Å². The van der Waals surface area contributed by atoms with E-state index >= 15 is 0 Å². The molecule has 8 heteroatoms. The highest BCUT2D eigenvalue weighted by atomic mass is 79.9. The van der Waals surface area contributed by atoms with E-state index in [1.165, 1.54) is 18.6 Å². The average molecular weight is 372 g/mol. The van der Waals surface area contributed by atoms with Crippen molar-refractivity contribution in [2.24, 2.45) is 4.36 Å². The highest BCUT2D eigenvalue weighted by Gasteiger charge is 2.18. The molecule has 88 valence electrons. The Bertz CT molecular complexity index is 557. The molecular weight excluding hydrogens is 364 g/mol. The molecule has 16 heavy (non-hydrogen) atoms. The zero-order chi connectivity index (χ0) is 12.5. The van der Waals surface area contributed by atoms with Gasteiger partial charge in [0, 0.05) is 32.8 Å². The van der Waals surface area contributed by atoms with Crippen molar-refractivity contribution in [3.05, 3.63) is 31.2 Å². The molecule has 0 bridgehead atoms. The van der Waals surface area contributed by atoms with Gasteiger partial charge in [-0.3, -0.25) is 10.1 Å². The summed E-state index contributed by atoms with van der Waals surface area (Å²) >= 11 is 6.31. The second kappa shape index (κ2) is 4.80. The van der Waals surface area contributed by atoms with Crippen LogP contribution in [0.25, 0.3) is 0 Å². The van der Waals surface area contributed by atoms with Gasteiger partial charge in [0.15, 0.2) is 5.69 Å². The summed E-state index contributed by atoms with van der Waals surface area (Å²) in [5.74, 6) is 0. The van der Waals surface area contributed by atoms with Crippen molar-refractivity contribution in [1.82, 2.24) is 0 Å². The van der Waals surface area contributed by atoms with Crippen molar-refractivity contribution >= 4 is 53.0 Å². The molecule has 1 aromatic carbocycles. The monoisotopic (exact) mass is 370 g/mol. The predicted octanol–water partition coefficient (Wildman–Crippen LogP) is 3.48. The van der Waals surface area contributed by atoms with Crippen LogP contribution in [0, 0.1) is 10.1 Å². The molecule has 0 saturated heterocycles. The van der Waals surface area contributed by atoms with Crippen LogP contribution in [0.15, 0.2) is 25.4 Å². The molecule has 0 aliphatic rings. The van der Waals surface area contributed by atoms with E-state index < -0.39 is 14.7 Å². The Morgan fingerprint density at radius 2 is 1.94 bits per heavy atom. The minimum Gasteiger partial charge on any atom is -0.258 e. The molecule has 0 unspecified atom stereocenters. The molecule has 0 radical (unpaired) electrons. The Balaban J connectivity index is 3.61. The highest BCUT2D eigenvalue weighted by molar-refractivity contribution is 9.11. The lowest BCUT2D eigenvalue weighted by molar-refractivity contribution is -0.384. The van der Waals surface area contributed by atoms with Crippen LogP contribution in [0.3, 0.4) is 0 Å². The van der Waals surface area contributed by atoms with E-state index in [0.29, 0.717) is 8.95 Å². The number of nitro groups is 1. The summed E-state index contributed by atoms with van der Waals surface area (Å²) in [6.07, 6.45) is 2.84. The SMILES string of the molecule is CS(C)(=O)=Nc1c(Br)cc(Br)cc1[N+](=O)[O-]. The van der Waals surface area contributed by atoms with Crippen LogP contribution in [0.4, 0.5) is 11.4 Å². The normalized spacial score (nSPS) is 11.2. The number of hydrogen-bond acceptors (Lipinski definition) is 4. The zero-order valence-electron chi connectivity index (χ0n) is 8.44. The van der Waals surface area contributed by atoms with E-state index in [0.717, 1.165) is 0 Å². The third kappa shape index (κ3) is 3.53. The third-order valence-corrected chi connectivity index (χ3v) is 3.20. The number of rotatable bonds is 2. The molecule has 0 fully saturated rings. The summed E-state index contributed by atoms with van der Waals surface area (Å²) < 4.78 is 16.4. The van der Waals surface area contributed by atoms with Gasteiger partial charge >= 0.3 is 0 Å². The molecule has 5 nitrogen and oxygen atoms in total. The lowest BCUT2D eigenvalue weighted by Gasteiger charge is -2.02.